The van der Waals surface area contributed by atoms with E-state index < -0.39 is 6.29 Å². The normalized spacial score (nSPS) is 23.2. The number of carbonyl (C=O) groups excluding carboxylic acids is 1. The molecule has 1 aliphatic heterocycles. The third kappa shape index (κ3) is 3.13. The number of ether oxygens (including phenoxy) is 3. The number of benzene rings is 2. The van der Waals surface area contributed by atoms with E-state index >= 15 is 0 Å². The van der Waals surface area contributed by atoms with Crippen molar-refractivity contribution in [1.82, 2.24) is 0 Å². The fourth-order valence-corrected chi connectivity index (χ4v) is 4.07. The highest BCUT2D eigenvalue weighted by Gasteiger charge is 2.62. The molecule has 0 bridgehead atoms. The highest BCUT2D eigenvalue weighted by Crippen LogP contribution is 2.65. The number of carbonyl (C=O) groups is 1. The molecule has 1 N–H and O–H groups in total. The van der Waals surface area contributed by atoms with E-state index in [0.717, 1.165) is 5.56 Å². The molecule has 1 saturated carbocycles. The Kier molecular flexibility index (Phi) is 4.19. The predicted octanol–water partition coefficient (Wildman–Crippen LogP) is 5.05. The number of fused-ring (bicyclic) bond motifs is 1. The van der Waals surface area contributed by atoms with Crippen LogP contribution in [0.15, 0.2) is 36.4 Å². The first-order chi connectivity index (χ1) is 13.1. The summed E-state index contributed by atoms with van der Waals surface area (Å²) in [5.41, 5.74) is 0.863. The molecule has 148 valence electrons. The summed E-state index contributed by atoms with van der Waals surface area (Å²) in [4.78, 5) is 12.9. The molecule has 1 heterocycles. The summed E-state index contributed by atoms with van der Waals surface area (Å²) < 4.78 is 40.7. The smallest absolute Gasteiger partial charge is 0.495 e. The van der Waals surface area contributed by atoms with Gasteiger partial charge in [-0.15, -0.1) is 8.78 Å². The molecule has 0 spiro atoms. The lowest BCUT2D eigenvalue weighted by Gasteiger charge is -2.11. The Bertz CT molecular complexity index is 963. The maximum atomic E-state index is 13.3. The first-order valence-electron chi connectivity index (χ1n) is 8.66. The zero-order valence-corrected chi connectivity index (χ0v) is 16.1. The predicted molar refractivity (Wildman–Crippen MR) is 99.3 cm³/mol. The van der Waals surface area contributed by atoms with Crippen molar-refractivity contribution >= 4 is 23.2 Å². The lowest BCUT2D eigenvalue weighted by Crippen LogP contribution is -2.25. The highest BCUT2D eigenvalue weighted by molar-refractivity contribution is 6.31. The molecule has 2 atom stereocenters. The fraction of sp³-hybridized carbons (Fsp3) is 0.350. The Morgan fingerprint density at radius 2 is 1.86 bits per heavy atom. The second-order valence-corrected chi connectivity index (χ2v) is 7.92. The third-order valence-electron chi connectivity index (χ3n) is 5.31. The van der Waals surface area contributed by atoms with Crippen LogP contribution in [-0.4, -0.2) is 19.3 Å². The number of hydrogen-bond donors (Lipinski definition) is 1. The zero-order chi connectivity index (χ0) is 20.3. The fourth-order valence-electron chi connectivity index (χ4n) is 3.90. The van der Waals surface area contributed by atoms with Crippen molar-refractivity contribution in [2.24, 2.45) is 11.3 Å². The van der Waals surface area contributed by atoms with Gasteiger partial charge in [0.05, 0.1) is 18.7 Å². The molecular formula is C20H18ClF2NO4. The van der Waals surface area contributed by atoms with E-state index in [0.29, 0.717) is 16.5 Å². The molecule has 2 aromatic carbocycles. The molecular weight excluding hydrogens is 392 g/mol. The van der Waals surface area contributed by atoms with Crippen LogP contribution in [0.5, 0.6) is 17.2 Å². The van der Waals surface area contributed by atoms with E-state index in [2.05, 4.69) is 14.8 Å². The molecule has 28 heavy (non-hydrogen) atoms. The van der Waals surface area contributed by atoms with Gasteiger partial charge >= 0.3 is 6.29 Å². The molecule has 5 nitrogen and oxygen atoms in total. The van der Waals surface area contributed by atoms with Gasteiger partial charge in [-0.3, -0.25) is 4.79 Å². The lowest BCUT2D eigenvalue weighted by molar-refractivity contribution is -0.286. The molecule has 2 aromatic rings. The second kappa shape index (κ2) is 6.24. The van der Waals surface area contributed by atoms with Crippen molar-refractivity contribution in [1.29, 1.82) is 0 Å². The van der Waals surface area contributed by atoms with Crippen molar-refractivity contribution in [3.8, 4) is 17.2 Å². The van der Waals surface area contributed by atoms with E-state index in [4.69, 9.17) is 16.3 Å². The van der Waals surface area contributed by atoms with Crippen LogP contribution in [0.4, 0.5) is 14.5 Å². The number of rotatable bonds is 4. The molecule has 1 aliphatic carbocycles. The third-order valence-corrected chi connectivity index (χ3v) is 5.55. The maximum Gasteiger partial charge on any atom is 0.586 e. The molecule has 1 fully saturated rings. The minimum absolute atomic E-state index is 0.0168. The summed E-state index contributed by atoms with van der Waals surface area (Å²) >= 11 is 6.02. The highest BCUT2D eigenvalue weighted by atomic mass is 35.5. The van der Waals surface area contributed by atoms with E-state index in [1.165, 1.54) is 19.2 Å². The standard InChI is InChI=1S/C20H18ClF2NO4/c1-19(2)16(10-4-6-14-15(8-10)28-20(22,23)27-14)17(19)18(25)24-12-9-11(21)5-7-13(12)26-3/h4-9,16-17H,1-3H3,(H,24,25). The van der Waals surface area contributed by atoms with Gasteiger partial charge in [0.15, 0.2) is 11.5 Å². The summed E-state index contributed by atoms with van der Waals surface area (Å²) in [5, 5.41) is 3.33. The summed E-state index contributed by atoms with van der Waals surface area (Å²) in [6, 6.07) is 9.59. The number of halogens is 3. The van der Waals surface area contributed by atoms with Gasteiger partial charge in [-0.1, -0.05) is 31.5 Å². The molecule has 4 rings (SSSR count). The van der Waals surface area contributed by atoms with Crippen LogP contribution in [-0.2, 0) is 4.79 Å². The zero-order valence-electron chi connectivity index (χ0n) is 15.4. The van der Waals surface area contributed by atoms with Gasteiger partial charge in [0.25, 0.3) is 0 Å². The van der Waals surface area contributed by atoms with Gasteiger partial charge < -0.3 is 19.5 Å². The van der Waals surface area contributed by atoms with Crippen LogP contribution in [0.3, 0.4) is 0 Å². The number of amides is 1. The summed E-state index contributed by atoms with van der Waals surface area (Å²) in [7, 11) is 1.51. The summed E-state index contributed by atoms with van der Waals surface area (Å²) in [6.07, 6.45) is -3.67. The van der Waals surface area contributed by atoms with Gasteiger partial charge in [0.1, 0.15) is 5.75 Å². The molecule has 0 saturated heterocycles. The van der Waals surface area contributed by atoms with Gasteiger partial charge in [-0.05, 0) is 41.3 Å². The Labute approximate surface area is 165 Å². The number of methoxy groups -OCH3 is 1. The molecule has 0 radical (unpaired) electrons. The Hall–Kier alpha value is -2.54. The van der Waals surface area contributed by atoms with Crippen LogP contribution < -0.4 is 19.5 Å². The second-order valence-electron chi connectivity index (χ2n) is 7.48. The minimum atomic E-state index is -3.67. The molecule has 2 aliphatic rings. The average molecular weight is 410 g/mol. The number of nitrogens with one attached hydrogen (secondary N) is 1. The number of alkyl halides is 2. The van der Waals surface area contributed by atoms with Crippen LogP contribution in [0.2, 0.25) is 5.02 Å². The van der Waals surface area contributed by atoms with Crippen molar-refractivity contribution in [3.05, 3.63) is 47.0 Å². The largest absolute Gasteiger partial charge is 0.586 e. The number of hydrogen-bond acceptors (Lipinski definition) is 4. The summed E-state index contributed by atoms with van der Waals surface area (Å²) in [6.45, 7) is 3.91. The van der Waals surface area contributed by atoms with E-state index in [9.17, 15) is 13.6 Å². The first-order valence-corrected chi connectivity index (χ1v) is 9.04. The first kappa shape index (κ1) is 18.8. The lowest BCUT2D eigenvalue weighted by atomic mass is 10.0. The van der Waals surface area contributed by atoms with Crippen LogP contribution in [0.25, 0.3) is 0 Å². The van der Waals surface area contributed by atoms with Crippen molar-refractivity contribution in [3.63, 3.8) is 0 Å². The SMILES string of the molecule is COc1ccc(Cl)cc1NC(=O)C1C(c2ccc3c(c2)OC(F)(F)O3)C1(C)C. The van der Waals surface area contributed by atoms with Crippen molar-refractivity contribution in [2.75, 3.05) is 12.4 Å². The molecule has 0 aromatic heterocycles. The Balaban J connectivity index is 1.56. The van der Waals surface area contributed by atoms with Crippen LogP contribution in [0, 0.1) is 11.3 Å². The Morgan fingerprint density at radius 3 is 2.57 bits per heavy atom. The monoisotopic (exact) mass is 409 g/mol. The van der Waals surface area contributed by atoms with Gasteiger partial charge in [-0.25, -0.2) is 0 Å². The maximum absolute atomic E-state index is 13.3. The topological polar surface area (TPSA) is 56.8 Å². The van der Waals surface area contributed by atoms with E-state index in [-0.39, 0.29) is 34.7 Å². The van der Waals surface area contributed by atoms with Crippen molar-refractivity contribution < 1.29 is 27.8 Å². The van der Waals surface area contributed by atoms with Crippen LogP contribution in [0.1, 0.15) is 25.3 Å². The van der Waals surface area contributed by atoms with Crippen LogP contribution >= 0.6 is 11.6 Å². The molecule has 1 amide bonds. The number of anilines is 1. The van der Waals surface area contributed by atoms with Crippen molar-refractivity contribution in [2.45, 2.75) is 26.1 Å². The summed E-state index contributed by atoms with van der Waals surface area (Å²) in [5.74, 6) is -0.243. The molecule has 2 unspecified atom stereocenters. The van der Waals surface area contributed by atoms with Gasteiger partial charge in [0, 0.05) is 10.9 Å². The van der Waals surface area contributed by atoms with Gasteiger partial charge in [0.2, 0.25) is 5.91 Å². The Morgan fingerprint density at radius 1 is 1.14 bits per heavy atom. The average Bonchev–Trinajstić information content (AvgIpc) is 3.03. The minimum Gasteiger partial charge on any atom is -0.495 e. The van der Waals surface area contributed by atoms with E-state index in [1.807, 2.05) is 13.8 Å². The molecule has 8 heteroatoms. The van der Waals surface area contributed by atoms with E-state index in [1.54, 1.807) is 24.3 Å². The van der Waals surface area contributed by atoms with Gasteiger partial charge in [-0.2, -0.15) is 0 Å². The quantitative estimate of drug-likeness (QED) is 0.767.